The number of fused-ring (bicyclic) bond motifs is 1. The van der Waals surface area contributed by atoms with Crippen LogP contribution < -0.4 is 9.47 Å². The number of benzene rings is 2. The SMILES string of the molecule is Cc1ccc(C2CC(O)CC(CO)S2)cc1Cc1ccc2c(c1)OCCO2. The van der Waals surface area contributed by atoms with E-state index in [-0.39, 0.29) is 23.2 Å². The Morgan fingerprint density at radius 3 is 2.67 bits per heavy atom. The molecule has 5 heteroatoms. The van der Waals surface area contributed by atoms with Crippen molar-refractivity contribution >= 4 is 11.8 Å². The lowest BCUT2D eigenvalue weighted by Crippen LogP contribution is -2.26. The van der Waals surface area contributed by atoms with Crippen LogP contribution in [0.25, 0.3) is 0 Å². The van der Waals surface area contributed by atoms with Crippen molar-refractivity contribution < 1.29 is 19.7 Å². The second-order valence-corrected chi connectivity index (χ2v) is 8.90. The van der Waals surface area contributed by atoms with E-state index in [1.165, 1.54) is 22.3 Å². The predicted octanol–water partition coefficient (Wildman–Crippen LogP) is 3.65. The fourth-order valence-electron chi connectivity index (χ4n) is 3.82. The molecule has 2 aliphatic rings. The first kappa shape index (κ1) is 18.7. The average molecular weight is 387 g/mol. The van der Waals surface area contributed by atoms with Crippen LogP contribution in [0.1, 0.15) is 40.3 Å². The summed E-state index contributed by atoms with van der Waals surface area (Å²) in [6, 6.07) is 12.7. The van der Waals surface area contributed by atoms with Crippen LogP contribution in [0.15, 0.2) is 36.4 Å². The van der Waals surface area contributed by atoms with Crippen molar-refractivity contribution in [2.45, 2.75) is 42.8 Å². The van der Waals surface area contributed by atoms with Gasteiger partial charge in [0.2, 0.25) is 0 Å². The van der Waals surface area contributed by atoms with E-state index >= 15 is 0 Å². The fourth-order valence-corrected chi connectivity index (χ4v) is 5.34. The molecule has 2 aromatic carbocycles. The van der Waals surface area contributed by atoms with Crippen molar-refractivity contribution in [3.8, 4) is 11.5 Å². The zero-order chi connectivity index (χ0) is 18.8. The Balaban J connectivity index is 1.56. The number of hydrogen-bond acceptors (Lipinski definition) is 5. The summed E-state index contributed by atoms with van der Waals surface area (Å²) in [6.07, 6.45) is 1.91. The molecule has 2 heterocycles. The zero-order valence-electron chi connectivity index (χ0n) is 15.6. The summed E-state index contributed by atoms with van der Waals surface area (Å²) >= 11 is 1.78. The van der Waals surface area contributed by atoms with Gasteiger partial charge in [-0.15, -0.1) is 11.8 Å². The van der Waals surface area contributed by atoms with Gasteiger partial charge in [0.25, 0.3) is 0 Å². The maximum Gasteiger partial charge on any atom is 0.161 e. The highest BCUT2D eigenvalue weighted by Crippen LogP contribution is 2.43. The van der Waals surface area contributed by atoms with Gasteiger partial charge in [-0.05, 0) is 60.6 Å². The van der Waals surface area contributed by atoms with Gasteiger partial charge in [-0.2, -0.15) is 0 Å². The van der Waals surface area contributed by atoms with Crippen molar-refractivity contribution in [1.82, 2.24) is 0 Å². The van der Waals surface area contributed by atoms with E-state index in [0.717, 1.165) is 24.3 Å². The molecule has 0 amide bonds. The molecule has 144 valence electrons. The van der Waals surface area contributed by atoms with Crippen molar-refractivity contribution in [2.24, 2.45) is 0 Å². The molecule has 0 saturated carbocycles. The van der Waals surface area contributed by atoms with Gasteiger partial charge in [-0.25, -0.2) is 0 Å². The maximum absolute atomic E-state index is 10.2. The van der Waals surface area contributed by atoms with E-state index in [2.05, 4.69) is 37.3 Å². The third-order valence-corrected chi connectivity index (χ3v) is 6.85. The molecule has 1 saturated heterocycles. The summed E-state index contributed by atoms with van der Waals surface area (Å²) in [5, 5.41) is 20.0. The molecule has 2 aliphatic heterocycles. The molecule has 0 radical (unpaired) electrons. The third-order valence-electron chi connectivity index (χ3n) is 5.33. The van der Waals surface area contributed by atoms with Crippen LogP contribution in [-0.2, 0) is 6.42 Å². The standard InChI is InChI=1S/C22H26O4S/c1-14-2-4-16(22-12-18(24)11-19(13-23)27-22)10-17(14)8-15-3-5-20-21(9-15)26-7-6-25-20/h2-5,9-10,18-19,22-24H,6-8,11-13H2,1H3. The first-order valence-electron chi connectivity index (χ1n) is 9.54. The number of thioether (sulfide) groups is 1. The molecule has 4 nitrogen and oxygen atoms in total. The molecule has 0 aliphatic carbocycles. The minimum atomic E-state index is -0.337. The van der Waals surface area contributed by atoms with Gasteiger partial charge >= 0.3 is 0 Å². The average Bonchev–Trinajstić information content (AvgIpc) is 2.69. The van der Waals surface area contributed by atoms with E-state index in [9.17, 15) is 10.2 Å². The lowest BCUT2D eigenvalue weighted by Gasteiger charge is -2.31. The molecule has 27 heavy (non-hydrogen) atoms. The van der Waals surface area contributed by atoms with Crippen LogP contribution in [0.5, 0.6) is 11.5 Å². The molecule has 0 bridgehead atoms. The van der Waals surface area contributed by atoms with Crippen LogP contribution in [0.2, 0.25) is 0 Å². The minimum Gasteiger partial charge on any atom is -0.486 e. The summed E-state index contributed by atoms with van der Waals surface area (Å²) in [5.41, 5.74) is 4.97. The summed E-state index contributed by atoms with van der Waals surface area (Å²) in [6.45, 7) is 3.45. The monoisotopic (exact) mass is 386 g/mol. The Kier molecular flexibility index (Phi) is 5.62. The number of hydrogen-bond donors (Lipinski definition) is 2. The molecule has 1 fully saturated rings. The normalized spacial score (nSPS) is 24.6. The van der Waals surface area contributed by atoms with Crippen LogP contribution >= 0.6 is 11.8 Å². The van der Waals surface area contributed by atoms with E-state index in [1.807, 2.05) is 6.07 Å². The van der Waals surface area contributed by atoms with Crippen molar-refractivity contribution in [3.63, 3.8) is 0 Å². The third kappa shape index (κ3) is 4.26. The van der Waals surface area contributed by atoms with E-state index in [0.29, 0.717) is 19.6 Å². The molecular weight excluding hydrogens is 360 g/mol. The van der Waals surface area contributed by atoms with Gasteiger partial charge in [-0.3, -0.25) is 0 Å². The Morgan fingerprint density at radius 1 is 1.04 bits per heavy atom. The molecule has 0 aromatic heterocycles. The van der Waals surface area contributed by atoms with Crippen LogP contribution in [-0.4, -0.2) is 41.4 Å². The van der Waals surface area contributed by atoms with Gasteiger partial charge < -0.3 is 19.7 Å². The molecule has 3 atom stereocenters. The number of aryl methyl sites for hydroxylation is 1. The fraction of sp³-hybridized carbons (Fsp3) is 0.455. The minimum absolute atomic E-state index is 0.112. The van der Waals surface area contributed by atoms with Crippen LogP contribution in [0.4, 0.5) is 0 Å². The van der Waals surface area contributed by atoms with E-state index in [4.69, 9.17) is 9.47 Å². The highest BCUT2D eigenvalue weighted by atomic mass is 32.2. The van der Waals surface area contributed by atoms with Gasteiger partial charge in [0.05, 0.1) is 12.7 Å². The molecule has 4 rings (SSSR count). The number of rotatable bonds is 4. The van der Waals surface area contributed by atoms with Gasteiger partial charge in [-0.1, -0.05) is 24.3 Å². The van der Waals surface area contributed by atoms with Crippen LogP contribution in [0, 0.1) is 6.92 Å². The Labute approximate surface area is 164 Å². The number of ether oxygens (including phenoxy) is 2. The largest absolute Gasteiger partial charge is 0.486 e. The zero-order valence-corrected chi connectivity index (χ0v) is 16.4. The topological polar surface area (TPSA) is 58.9 Å². The molecule has 3 unspecified atom stereocenters. The molecule has 2 N–H and O–H groups in total. The summed E-state index contributed by atoms with van der Waals surface area (Å²) < 4.78 is 11.3. The summed E-state index contributed by atoms with van der Waals surface area (Å²) in [7, 11) is 0. The van der Waals surface area contributed by atoms with Crippen molar-refractivity contribution in [3.05, 3.63) is 58.7 Å². The number of aliphatic hydroxyl groups excluding tert-OH is 2. The lowest BCUT2D eigenvalue weighted by atomic mass is 9.95. The highest BCUT2D eigenvalue weighted by Gasteiger charge is 2.29. The quantitative estimate of drug-likeness (QED) is 0.840. The molecule has 0 spiro atoms. The maximum atomic E-state index is 10.2. The van der Waals surface area contributed by atoms with Gasteiger partial charge in [0.15, 0.2) is 11.5 Å². The molecular formula is C22H26O4S. The lowest BCUT2D eigenvalue weighted by molar-refractivity contribution is 0.137. The number of aliphatic hydroxyl groups is 2. The predicted molar refractivity (Wildman–Crippen MR) is 108 cm³/mol. The Bertz CT molecular complexity index is 807. The summed E-state index contributed by atoms with van der Waals surface area (Å²) in [5.74, 6) is 1.64. The second-order valence-electron chi connectivity index (χ2n) is 7.40. The van der Waals surface area contributed by atoms with E-state index < -0.39 is 0 Å². The Hall–Kier alpha value is -1.69. The summed E-state index contributed by atoms with van der Waals surface area (Å²) in [4.78, 5) is 0. The van der Waals surface area contributed by atoms with Crippen LogP contribution in [0.3, 0.4) is 0 Å². The van der Waals surface area contributed by atoms with Crippen molar-refractivity contribution in [1.29, 1.82) is 0 Å². The van der Waals surface area contributed by atoms with Gasteiger partial charge in [0.1, 0.15) is 13.2 Å². The van der Waals surface area contributed by atoms with E-state index in [1.54, 1.807) is 11.8 Å². The first-order chi connectivity index (χ1) is 13.1. The highest BCUT2D eigenvalue weighted by molar-refractivity contribution is 8.00. The second kappa shape index (κ2) is 8.13. The smallest absolute Gasteiger partial charge is 0.161 e. The Morgan fingerprint density at radius 2 is 1.85 bits per heavy atom. The van der Waals surface area contributed by atoms with Gasteiger partial charge in [0, 0.05) is 10.5 Å². The first-order valence-corrected chi connectivity index (χ1v) is 10.5. The molecule has 2 aromatic rings. The van der Waals surface area contributed by atoms with Crippen molar-refractivity contribution in [2.75, 3.05) is 19.8 Å².